The molecule has 3 rings (SSSR count). The summed E-state index contributed by atoms with van der Waals surface area (Å²) in [5.74, 6) is 0.527. The molecule has 20 heavy (non-hydrogen) atoms. The standard InChI is InChI=1S/C15H20ClFN2.ClH/c16-13-10-12(3-4-14(13)17)15(9-11-1-2-11)19-7-5-18-6-8-19;/h3-4,10-11,15,18H,1-2,5-9H2;1H/t15-;/m0./s1. The third kappa shape index (κ3) is 3.85. The molecule has 0 unspecified atom stereocenters. The van der Waals surface area contributed by atoms with Crippen LogP contribution in [0.3, 0.4) is 0 Å². The van der Waals surface area contributed by atoms with Gasteiger partial charge in [0.1, 0.15) is 5.82 Å². The monoisotopic (exact) mass is 318 g/mol. The van der Waals surface area contributed by atoms with Gasteiger partial charge in [-0.1, -0.05) is 30.5 Å². The molecule has 1 aromatic rings. The first kappa shape index (κ1) is 16.0. The van der Waals surface area contributed by atoms with Gasteiger partial charge >= 0.3 is 0 Å². The fourth-order valence-electron chi connectivity index (χ4n) is 2.88. The molecule has 1 aliphatic carbocycles. The Kier molecular flexibility index (Phi) is 5.67. The first-order valence-corrected chi connectivity index (χ1v) is 7.51. The van der Waals surface area contributed by atoms with Gasteiger partial charge in [0.2, 0.25) is 0 Å². The summed E-state index contributed by atoms with van der Waals surface area (Å²) in [7, 11) is 0. The van der Waals surface area contributed by atoms with E-state index in [4.69, 9.17) is 11.6 Å². The summed E-state index contributed by atoms with van der Waals surface area (Å²) in [6.45, 7) is 4.20. The maximum absolute atomic E-state index is 13.3. The zero-order chi connectivity index (χ0) is 13.2. The number of benzene rings is 1. The number of halogens is 3. The summed E-state index contributed by atoms with van der Waals surface area (Å²) in [5, 5.41) is 3.63. The van der Waals surface area contributed by atoms with Crippen molar-refractivity contribution in [1.82, 2.24) is 10.2 Å². The molecule has 1 saturated carbocycles. The van der Waals surface area contributed by atoms with Gasteiger partial charge in [0, 0.05) is 32.2 Å². The lowest BCUT2D eigenvalue weighted by molar-refractivity contribution is 0.160. The number of hydrogen-bond donors (Lipinski definition) is 1. The zero-order valence-electron chi connectivity index (χ0n) is 11.4. The Balaban J connectivity index is 0.00000147. The van der Waals surface area contributed by atoms with Crippen LogP contribution in [0.4, 0.5) is 4.39 Å². The van der Waals surface area contributed by atoms with Crippen LogP contribution in [-0.2, 0) is 0 Å². The normalized spacial score (nSPS) is 21.3. The Hall–Kier alpha value is -0.350. The van der Waals surface area contributed by atoms with Crippen molar-refractivity contribution in [2.45, 2.75) is 25.3 Å². The number of rotatable bonds is 4. The van der Waals surface area contributed by atoms with Crippen molar-refractivity contribution in [3.8, 4) is 0 Å². The minimum absolute atomic E-state index is 0. The van der Waals surface area contributed by atoms with Crippen molar-refractivity contribution < 1.29 is 4.39 Å². The van der Waals surface area contributed by atoms with Crippen LogP contribution < -0.4 is 5.32 Å². The van der Waals surface area contributed by atoms with Gasteiger partial charge in [-0.15, -0.1) is 12.4 Å². The molecule has 1 heterocycles. The van der Waals surface area contributed by atoms with E-state index in [9.17, 15) is 4.39 Å². The van der Waals surface area contributed by atoms with Crippen LogP contribution in [0, 0.1) is 11.7 Å². The topological polar surface area (TPSA) is 15.3 Å². The maximum atomic E-state index is 13.3. The zero-order valence-corrected chi connectivity index (χ0v) is 13.0. The second-order valence-corrected chi connectivity index (χ2v) is 6.06. The van der Waals surface area contributed by atoms with Crippen molar-refractivity contribution in [1.29, 1.82) is 0 Å². The Labute approximate surface area is 131 Å². The van der Waals surface area contributed by atoms with Gasteiger partial charge in [0.25, 0.3) is 0 Å². The highest BCUT2D eigenvalue weighted by molar-refractivity contribution is 6.30. The van der Waals surface area contributed by atoms with Crippen LogP contribution in [0.2, 0.25) is 5.02 Å². The second kappa shape index (κ2) is 7.08. The van der Waals surface area contributed by atoms with Crippen molar-refractivity contribution in [3.63, 3.8) is 0 Å². The summed E-state index contributed by atoms with van der Waals surface area (Å²) < 4.78 is 13.3. The SMILES string of the molecule is Cl.Fc1ccc([C@H](CC2CC2)N2CCNCC2)cc1Cl. The summed E-state index contributed by atoms with van der Waals surface area (Å²) >= 11 is 5.94. The molecule has 1 saturated heterocycles. The second-order valence-electron chi connectivity index (χ2n) is 5.65. The Bertz CT molecular complexity index is 445. The highest BCUT2D eigenvalue weighted by Gasteiger charge is 2.30. The lowest BCUT2D eigenvalue weighted by Crippen LogP contribution is -2.45. The molecule has 0 amide bonds. The molecular formula is C15H21Cl2FN2. The number of hydrogen-bond acceptors (Lipinski definition) is 2. The lowest BCUT2D eigenvalue weighted by Gasteiger charge is -2.35. The average Bonchev–Trinajstić information content (AvgIpc) is 3.24. The third-order valence-electron chi connectivity index (χ3n) is 4.17. The number of piperazine rings is 1. The van der Waals surface area contributed by atoms with E-state index in [0.717, 1.165) is 32.1 Å². The molecular weight excluding hydrogens is 298 g/mol. The molecule has 1 atom stereocenters. The predicted molar refractivity (Wildman–Crippen MR) is 83.2 cm³/mol. The summed E-state index contributed by atoms with van der Waals surface area (Å²) in [6.07, 6.45) is 3.87. The molecule has 1 aliphatic heterocycles. The van der Waals surface area contributed by atoms with Crippen molar-refractivity contribution in [3.05, 3.63) is 34.6 Å². The van der Waals surface area contributed by atoms with Crippen LogP contribution in [0.15, 0.2) is 18.2 Å². The van der Waals surface area contributed by atoms with E-state index >= 15 is 0 Å². The van der Waals surface area contributed by atoms with E-state index < -0.39 is 0 Å². The molecule has 112 valence electrons. The van der Waals surface area contributed by atoms with Crippen molar-refractivity contribution in [2.75, 3.05) is 26.2 Å². The van der Waals surface area contributed by atoms with Gasteiger partial charge in [-0.2, -0.15) is 0 Å². The lowest BCUT2D eigenvalue weighted by atomic mass is 9.98. The maximum Gasteiger partial charge on any atom is 0.141 e. The van der Waals surface area contributed by atoms with E-state index in [1.165, 1.54) is 30.9 Å². The highest BCUT2D eigenvalue weighted by Crippen LogP contribution is 2.40. The largest absolute Gasteiger partial charge is 0.314 e. The molecule has 1 N–H and O–H groups in total. The van der Waals surface area contributed by atoms with E-state index in [-0.39, 0.29) is 23.2 Å². The molecule has 0 bridgehead atoms. The molecule has 0 radical (unpaired) electrons. The molecule has 2 fully saturated rings. The van der Waals surface area contributed by atoms with Gasteiger partial charge < -0.3 is 5.32 Å². The van der Waals surface area contributed by atoms with E-state index in [2.05, 4.69) is 10.2 Å². The summed E-state index contributed by atoms with van der Waals surface area (Å²) in [4.78, 5) is 2.51. The molecule has 5 heteroatoms. The Morgan fingerprint density at radius 1 is 1.30 bits per heavy atom. The van der Waals surface area contributed by atoms with Crippen LogP contribution in [0.5, 0.6) is 0 Å². The average molecular weight is 319 g/mol. The van der Waals surface area contributed by atoms with Crippen LogP contribution in [0.1, 0.15) is 30.9 Å². The minimum atomic E-state index is -0.323. The first-order chi connectivity index (χ1) is 9.24. The highest BCUT2D eigenvalue weighted by atomic mass is 35.5. The van der Waals surface area contributed by atoms with Gasteiger partial charge in [-0.3, -0.25) is 4.90 Å². The fourth-order valence-corrected chi connectivity index (χ4v) is 3.07. The van der Waals surface area contributed by atoms with E-state index in [1.54, 1.807) is 0 Å². The fraction of sp³-hybridized carbons (Fsp3) is 0.600. The third-order valence-corrected chi connectivity index (χ3v) is 4.46. The van der Waals surface area contributed by atoms with Gasteiger partial charge in [0.15, 0.2) is 0 Å². The smallest absolute Gasteiger partial charge is 0.141 e. The van der Waals surface area contributed by atoms with Crippen LogP contribution in [0.25, 0.3) is 0 Å². The minimum Gasteiger partial charge on any atom is -0.314 e. The van der Waals surface area contributed by atoms with Gasteiger partial charge in [-0.05, 0) is 30.0 Å². The van der Waals surface area contributed by atoms with Gasteiger partial charge in [0.05, 0.1) is 5.02 Å². The van der Waals surface area contributed by atoms with Crippen LogP contribution >= 0.6 is 24.0 Å². The van der Waals surface area contributed by atoms with E-state index in [1.807, 2.05) is 12.1 Å². The first-order valence-electron chi connectivity index (χ1n) is 7.14. The van der Waals surface area contributed by atoms with Crippen molar-refractivity contribution in [2.24, 2.45) is 5.92 Å². The quantitative estimate of drug-likeness (QED) is 0.911. The van der Waals surface area contributed by atoms with Gasteiger partial charge in [-0.25, -0.2) is 4.39 Å². The summed E-state index contributed by atoms with van der Waals surface area (Å²) in [6, 6.07) is 5.61. The molecule has 0 spiro atoms. The molecule has 1 aromatic carbocycles. The molecule has 2 aliphatic rings. The Morgan fingerprint density at radius 3 is 2.60 bits per heavy atom. The Morgan fingerprint density at radius 2 is 2.00 bits per heavy atom. The number of nitrogens with zero attached hydrogens (tertiary/aromatic N) is 1. The molecule has 0 aromatic heterocycles. The predicted octanol–water partition coefficient (Wildman–Crippen LogP) is 3.65. The van der Waals surface area contributed by atoms with Crippen LogP contribution in [-0.4, -0.2) is 31.1 Å². The van der Waals surface area contributed by atoms with Crippen molar-refractivity contribution >= 4 is 24.0 Å². The van der Waals surface area contributed by atoms with E-state index in [0.29, 0.717) is 6.04 Å². The molecule has 2 nitrogen and oxygen atoms in total. The number of nitrogens with one attached hydrogen (secondary N) is 1. The summed E-state index contributed by atoms with van der Waals surface area (Å²) in [5.41, 5.74) is 1.17.